The Hall–Kier alpha value is -1.42. The van der Waals surface area contributed by atoms with Gasteiger partial charge in [0.05, 0.1) is 19.1 Å². The van der Waals surface area contributed by atoms with Crippen LogP contribution in [0.4, 0.5) is 0 Å². The van der Waals surface area contributed by atoms with Crippen LogP contribution in [0.25, 0.3) is 0 Å². The fourth-order valence-electron chi connectivity index (χ4n) is 5.93. The van der Waals surface area contributed by atoms with Crippen molar-refractivity contribution in [1.82, 2.24) is 0 Å². The van der Waals surface area contributed by atoms with Crippen molar-refractivity contribution in [2.45, 2.75) is 78.2 Å². The number of carbonyl (C=O) groups excluding carboxylic acids is 2. The Morgan fingerprint density at radius 3 is 2.70 bits per heavy atom. The van der Waals surface area contributed by atoms with E-state index in [1.54, 1.807) is 0 Å². The van der Waals surface area contributed by atoms with E-state index in [4.69, 9.17) is 4.74 Å². The van der Waals surface area contributed by atoms with Crippen molar-refractivity contribution in [3.05, 3.63) is 23.3 Å². The van der Waals surface area contributed by atoms with E-state index >= 15 is 0 Å². The molecule has 27 heavy (non-hydrogen) atoms. The van der Waals surface area contributed by atoms with Crippen LogP contribution in [0.5, 0.6) is 0 Å². The predicted molar refractivity (Wildman–Crippen MR) is 105 cm³/mol. The minimum atomic E-state index is -0.842. The third-order valence-corrected chi connectivity index (χ3v) is 7.95. The molecule has 0 aliphatic heterocycles. The van der Waals surface area contributed by atoms with Crippen molar-refractivity contribution in [1.29, 1.82) is 0 Å². The first-order valence-electron chi connectivity index (χ1n) is 10.2. The van der Waals surface area contributed by atoms with Gasteiger partial charge in [0.1, 0.15) is 5.78 Å². The topological polar surface area (TPSA) is 63.6 Å². The molecular formula is C23H34O4. The molecule has 4 heteroatoms. The number of methoxy groups -OCH3 is 1. The first kappa shape index (κ1) is 20.3. The molecular weight excluding hydrogens is 340 g/mol. The number of esters is 1. The van der Waals surface area contributed by atoms with E-state index in [1.807, 2.05) is 19.9 Å². The summed E-state index contributed by atoms with van der Waals surface area (Å²) < 4.78 is 4.80. The summed E-state index contributed by atoms with van der Waals surface area (Å²) in [6, 6.07) is 0. The lowest BCUT2D eigenvalue weighted by atomic mass is 9.54. The van der Waals surface area contributed by atoms with Gasteiger partial charge < -0.3 is 9.84 Å². The van der Waals surface area contributed by atoms with Gasteiger partial charge in [0.2, 0.25) is 0 Å². The SMILES string of the molecule is COC(=O)CC=C1CC2=CCC3(C)C(=O)CCC3(C)C2CCC1C(C)(C)O. The van der Waals surface area contributed by atoms with Crippen molar-refractivity contribution in [2.24, 2.45) is 22.7 Å². The fraction of sp³-hybridized carbons (Fsp3) is 0.739. The number of carbonyl (C=O) groups is 2. The molecule has 0 amide bonds. The van der Waals surface area contributed by atoms with Gasteiger partial charge in [0.25, 0.3) is 0 Å². The van der Waals surface area contributed by atoms with Crippen LogP contribution in [0.3, 0.4) is 0 Å². The lowest BCUT2D eigenvalue weighted by Gasteiger charge is -2.49. The first-order chi connectivity index (χ1) is 12.5. The van der Waals surface area contributed by atoms with Gasteiger partial charge in [-0.2, -0.15) is 0 Å². The molecule has 3 rings (SSSR count). The maximum Gasteiger partial charge on any atom is 0.309 e. The maximum absolute atomic E-state index is 12.7. The smallest absolute Gasteiger partial charge is 0.309 e. The van der Waals surface area contributed by atoms with Crippen LogP contribution in [0.15, 0.2) is 23.3 Å². The quantitative estimate of drug-likeness (QED) is 0.588. The highest BCUT2D eigenvalue weighted by atomic mass is 16.5. The molecule has 0 saturated heterocycles. The molecule has 0 aromatic heterocycles. The van der Waals surface area contributed by atoms with E-state index in [9.17, 15) is 14.7 Å². The number of allylic oxidation sites excluding steroid dienone is 2. The third kappa shape index (κ3) is 3.30. The second-order valence-corrected chi connectivity index (χ2v) is 9.73. The number of rotatable bonds is 3. The van der Waals surface area contributed by atoms with Crippen molar-refractivity contribution < 1.29 is 19.4 Å². The summed E-state index contributed by atoms with van der Waals surface area (Å²) in [5.74, 6) is 0.540. The molecule has 3 aliphatic rings. The minimum absolute atomic E-state index is 0.00385. The third-order valence-electron chi connectivity index (χ3n) is 7.95. The van der Waals surface area contributed by atoms with Gasteiger partial charge in [-0.1, -0.05) is 37.1 Å². The largest absolute Gasteiger partial charge is 0.469 e. The second kappa shape index (κ2) is 6.88. The van der Waals surface area contributed by atoms with Crippen molar-refractivity contribution in [2.75, 3.05) is 7.11 Å². The number of hydrogen-bond donors (Lipinski definition) is 1. The summed E-state index contributed by atoms with van der Waals surface area (Å²) in [4.78, 5) is 24.3. The molecule has 0 heterocycles. The van der Waals surface area contributed by atoms with E-state index < -0.39 is 5.60 Å². The highest BCUT2D eigenvalue weighted by Gasteiger charge is 2.59. The predicted octanol–water partition coefficient (Wildman–Crippen LogP) is 4.37. The Bertz CT molecular complexity index is 696. The highest BCUT2D eigenvalue weighted by Crippen LogP contribution is 2.63. The number of aliphatic hydroxyl groups is 1. The minimum Gasteiger partial charge on any atom is -0.469 e. The molecule has 4 nitrogen and oxygen atoms in total. The van der Waals surface area contributed by atoms with Crippen LogP contribution in [0.1, 0.15) is 72.6 Å². The van der Waals surface area contributed by atoms with Gasteiger partial charge in [-0.3, -0.25) is 9.59 Å². The maximum atomic E-state index is 12.7. The zero-order chi connectivity index (χ0) is 20.0. The summed E-state index contributed by atoms with van der Waals surface area (Å²) in [6.45, 7) is 8.18. The molecule has 0 aromatic rings. The van der Waals surface area contributed by atoms with Crippen LogP contribution < -0.4 is 0 Å². The molecule has 1 N–H and O–H groups in total. The number of ether oxygens (including phenoxy) is 1. The molecule has 150 valence electrons. The van der Waals surface area contributed by atoms with Crippen LogP contribution in [0.2, 0.25) is 0 Å². The molecule has 0 aromatic carbocycles. The highest BCUT2D eigenvalue weighted by molar-refractivity contribution is 5.88. The molecule has 0 spiro atoms. The van der Waals surface area contributed by atoms with Gasteiger partial charge in [0, 0.05) is 17.8 Å². The summed E-state index contributed by atoms with van der Waals surface area (Å²) in [6.07, 6.45) is 9.59. The molecule has 2 saturated carbocycles. The van der Waals surface area contributed by atoms with Crippen LogP contribution in [-0.2, 0) is 14.3 Å². The second-order valence-electron chi connectivity index (χ2n) is 9.73. The van der Waals surface area contributed by atoms with Crippen molar-refractivity contribution >= 4 is 11.8 Å². The average Bonchev–Trinajstić information content (AvgIpc) is 2.76. The van der Waals surface area contributed by atoms with Crippen LogP contribution >= 0.6 is 0 Å². The van der Waals surface area contributed by atoms with Gasteiger partial charge >= 0.3 is 5.97 Å². The van der Waals surface area contributed by atoms with Gasteiger partial charge in [-0.05, 0) is 57.3 Å². The Labute approximate surface area is 163 Å². The fourth-order valence-corrected chi connectivity index (χ4v) is 5.93. The van der Waals surface area contributed by atoms with Crippen LogP contribution in [-0.4, -0.2) is 29.6 Å². The van der Waals surface area contributed by atoms with E-state index in [2.05, 4.69) is 19.9 Å². The number of hydrogen-bond acceptors (Lipinski definition) is 4. The molecule has 0 bridgehead atoms. The monoisotopic (exact) mass is 374 g/mol. The van der Waals surface area contributed by atoms with Gasteiger partial charge in [-0.25, -0.2) is 0 Å². The van der Waals surface area contributed by atoms with E-state index in [0.717, 1.165) is 37.7 Å². The van der Waals surface area contributed by atoms with Gasteiger partial charge in [0.15, 0.2) is 0 Å². The Morgan fingerprint density at radius 2 is 2.07 bits per heavy atom. The van der Waals surface area contributed by atoms with E-state index in [-0.39, 0.29) is 29.1 Å². The zero-order valence-electron chi connectivity index (χ0n) is 17.4. The lowest BCUT2D eigenvalue weighted by molar-refractivity contribution is -0.139. The molecule has 3 aliphatic carbocycles. The molecule has 2 fully saturated rings. The van der Waals surface area contributed by atoms with Gasteiger partial charge in [-0.15, -0.1) is 0 Å². The summed E-state index contributed by atoms with van der Waals surface area (Å²) in [5.41, 5.74) is 1.43. The van der Waals surface area contributed by atoms with Crippen molar-refractivity contribution in [3.8, 4) is 0 Å². The molecule has 4 atom stereocenters. The lowest BCUT2D eigenvalue weighted by Crippen LogP contribution is -2.45. The van der Waals surface area contributed by atoms with Crippen LogP contribution in [0, 0.1) is 22.7 Å². The number of Topliss-reactive ketones (excluding diaryl/α,β-unsaturated/α-hetero) is 1. The Kier molecular flexibility index (Phi) is 5.17. The summed E-state index contributed by atoms with van der Waals surface area (Å²) >= 11 is 0. The standard InChI is InChI=1S/C23H34O4/c1-21(2,26)17-7-8-18-16(14-15(17)6-9-20(25)27-5)10-12-23(4)19(24)11-13-22(18,23)3/h6,10,17-18,26H,7-9,11-14H2,1-5H3. The number of fused-ring (bicyclic) bond motifs is 3. The normalized spacial score (nSPS) is 38.1. The summed E-state index contributed by atoms with van der Waals surface area (Å²) in [5, 5.41) is 10.8. The van der Waals surface area contributed by atoms with E-state index in [0.29, 0.717) is 18.1 Å². The van der Waals surface area contributed by atoms with E-state index in [1.165, 1.54) is 12.7 Å². The average molecular weight is 375 g/mol. The van der Waals surface area contributed by atoms with Crippen molar-refractivity contribution in [3.63, 3.8) is 0 Å². The number of ketones is 1. The Morgan fingerprint density at radius 1 is 1.37 bits per heavy atom. The zero-order valence-corrected chi connectivity index (χ0v) is 17.4. The molecule has 0 radical (unpaired) electrons. The summed E-state index contributed by atoms with van der Waals surface area (Å²) in [7, 11) is 1.40. The first-order valence-corrected chi connectivity index (χ1v) is 10.2. The molecule has 4 unspecified atom stereocenters. The Balaban J connectivity index is 1.97.